The molecule has 1 heterocycles. The van der Waals surface area contributed by atoms with Crippen molar-refractivity contribution in [1.29, 1.82) is 0 Å². The fourth-order valence-corrected chi connectivity index (χ4v) is 3.11. The molecule has 0 radical (unpaired) electrons. The molecule has 1 nitrogen and oxygen atoms in total. The molecule has 0 amide bonds. The van der Waals surface area contributed by atoms with E-state index in [1.54, 1.807) is 19.3 Å². The van der Waals surface area contributed by atoms with Gasteiger partial charge >= 0.3 is 5.95 Å². The Morgan fingerprint density at radius 1 is 0.538 bits per heavy atom. The Hall–Kier alpha value is -3.26. The standard InChI is InChI=1S/C24H19FN/c1-26-13-12-20(17-24(26)25)23-15-21(18-8-4-2-5-9-18)14-22(16-23)19-10-6-3-7-11-19/h2-17H,1H3/q+1. The lowest BCUT2D eigenvalue weighted by molar-refractivity contribution is -0.700. The number of hydrogen-bond donors (Lipinski definition) is 0. The molecule has 1 aromatic heterocycles. The van der Waals surface area contributed by atoms with E-state index in [2.05, 4.69) is 42.5 Å². The smallest absolute Gasteiger partial charge is 0.176 e. The summed E-state index contributed by atoms with van der Waals surface area (Å²) in [5.41, 5.74) is 6.41. The number of aryl methyl sites for hydroxylation is 1. The van der Waals surface area contributed by atoms with Gasteiger partial charge in [0.25, 0.3) is 0 Å². The summed E-state index contributed by atoms with van der Waals surface area (Å²) in [6, 6.07) is 30.5. The van der Waals surface area contributed by atoms with Crippen molar-refractivity contribution < 1.29 is 8.96 Å². The highest BCUT2D eigenvalue weighted by molar-refractivity contribution is 5.80. The van der Waals surface area contributed by atoms with Crippen molar-refractivity contribution in [3.8, 4) is 33.4 Å². The fraction of sp³-hybridized carbons (Fsp3) is 0.0417. The Morgan fingerprint density at radius 2 is 1.00 bits per heavy atom. The van der Waals surface area contributed by atoms with Crippen LogP contribution >= 0.6 is 0 Å². The van der Waals surface area contributed by atoms with Gasteiger partial charge in [-0.05, 0) is 51.6 Å². The number of hydrogen-bond acceptors (Lipinski definition) is 0. The minimum atomic E-state index is -0.256. The molecule has 26 heavy (non-hydrogen) atoms. The molecule has 4 aromatic rings. The summed E-state index contributed by atoms with van der Waals surface area (Å²) in [6.45, 7) is 0. The normalized spacial score (nSPS) is 10.7. The van der Waals surface area contributed by atoms with E-state index >= 15 is 0 Å². The summed E-state index contributed by atoms with van der Waals surface area (Å²) in [6.07, 6.45) is 1.75. The van der Waals surface area contributed by atoms with Crippen LogP contribution < -0.4 is 4.57 Å². The monoisotopic (exact) mass is 340 g/mol. The zero-order valence-corrected chi connectivity index (χ0v) is 14.6. The van der Waals surface area contributed by atoms with Gasteiger partial charge < -0.3 is 0 Å². The van der Waals surface area contributed by atoms with Gasteiger partial charge in [-0.25, -0.2) is 0 Å². The van der Waals surface area contributed by atoms with E-state index in [1.165, 1.54) is 4.57 Å². The third-order valence-corrected chi connectivity index (χ3v) is 4.57. The van der Waals surface area contributed by atoms with Crippen molar-refractivity contribution in [2.75, 3.05) is 0 Å². The van der Waals surface area contributed by atoms with Gasteiger partial charge in [0.05, 0.1) is 0 Å². The number of pyridine rings is 1. The van der Waals surface area contributed by atoms with Gasteiger partial charge in [0, 0.05) is 12.1 Å². The highest BCUT2D eigenvalue weighted by Gasteiger charge is 2.11. The maximum atomic E-state index is 14.1. The third-order valence-electron chi connectivity index (χ3n) is 4.57. The van der Waals surface area contributed by atoms with E-state index in [-0.39, 0.29) is 5.95 Å². The van der Waals surface area contributed by atoms with Crippen LogP contribution in [-0.2, 0) is 7.05 Å². The molecule has 0 saturated heterocycles. The van der Waals surface area contributed by atoms with E-state index in [9.17, 15) is 4.39 Å². The molecule has 0 bridgehead atoms. The lowest BCUT2D eigenvalue weighted by Crippen LogP contribution is -2.31. The van der Waals surface area contributed by atoms with Gasteiger partial charge in [-0.1, -0.05) is 60.7 Å². The summed E-state index contributed by atoms with van der Waals surface area (Å²) >= 11 is 0. The molecular formula is C24H19FN+. The second-order valence-corrected chi connectivity index (χ2v) is 6.38. The van der Waals surface area contributed by atoms with Gasteiger partial charge in [0.2, 0.25) is 0 Å². The van der Waals surface area contributed by atoms with Crippen LogP contribution in [0.25, 0.3) is 33.4 Å². The summed E-state index contributed by atoms with van der Waals surface area (Å²) in [5, 5.41) is 0. The first-order valence-corrected chi connectivity index (χ1v) is 8.62. The molecule has 0 unspecified atom stereocenters. The van der Waals surface area contributed by atoms with E-state index in [4.69, 9.17) is 0 Å². The van der Waals surface area contributed by atoms with Crippen LogP contribution in [0.1, 0.15) is 0 Å². The quantitative estimate of drug-likeness (QED) is 0.335. The predicted octanol–water partition coefficient (Wildman–Crippen LogP) is 5.65. The molecule has 0 N–H and O–H groups in total. The molecule has 2 heteroatoms. The minimum absolute atomic E-state index is 0.256. The largest absolute Gasteiger partial charge is 0.359 e. The first-order valence-electron chi connectivity index (χ1n) is 8.62. The second-order valence-electron chi connectivity index (χ2n) is 6.38. The van der Waals surface area contributed by atoms with Crippen molar-refractivity contribution in [3.05, 3.63) is 103 Å². The molecular weight excluding hydrogens is 321 g/mol. The molecule has 0 spiro atoms. The van der Waals surface area contributed by atoms with Crippen LogP contribution in [-0.4, -0.2) is 0 Å². The van der Waals surface area contributed by atoms with Crippen molar-refractivity contribution in [2.24, 2.45) is 7.05 Å². The van der Waals surface area contributed by atoms with E-state index in [0.717, 1.165) is 33.4 Å². The maximum absolute atomic E-state index is 14.1. The van der Waals surface area contributed by atoms with Gasteiger partial charge in [0.15, 0.2) is 6.20 Å². The lowest BCUT2D eigenvalue weighted by Gasteiger charge is -2.11. The highest BCUT2D eigenvalue weighted by Crippen LogP contribution is 2.32. The molecule has 4 rings (SSSR count). The minimum Gasteiger partial charge on any atom is -0.176 e. The highest BCUT2D eigenvalue weighted by atomic mass is 19.1. The maximum Gasteiger partial charge on any atom is 0.359 e. The Morgan fingerprint density at radius 3 is 1.46 bits per heavy atom. The zero-order chi connectivity index (χ0) is 17.9. The number of rotatable bonds is 3. The number of benzene rings is 3. The molecule has 0 aliphatic rings. The number of halogens is 1. The Kier molecular flexibility index (Phi) is 4.32. The third kappa shape index (κ3) is 3.27. The summed E-state index contributed by atoms with van der Waals surface area (Å²) in [7, 11) is 1.70. The molecule has 3 aromatic carbocycles. The SMILES string of the molecule is C[n+]1ccc(-c2cc(-c3ccccc3)cc(-c3ccccc3)c2)cc1F. The molecule has 0 aliphatic carbocycles. The second kappa shape index (κ2) is 6.93. The molecule has 0 atom stereocenters. The Labute approximate surface area is 153 Å². The van der Waals surface area contributed by atoms with Crippen LogP contribution in [0, 0.1) is 5.95 Å². The zero-order valence-electron chi connectivity index (χ0n) is 14.6. The summed E-state index contributed by atoms with van der Waals surface area (Å²) in [5.74, 6) is -0.256. The number of aromatic nitrogens is 1. The van der Waals surface area contributed by atoms with Crippen LogP contribution in [0.5, 0.6) is 0 Å². The Balaban J connectivity index is 1.92. The van der Waals surface area contributed by atoms with Crippen molar-refractivity contribution >= 4 is 0 Å². The lowest BCUT2D eigenvalue weighted by atomic mass is 9.94. The predicted molar refractivity (Wildman–Crippen MR) is 104 cm³/mol. The topological polar surface area (TPSA) is 3.88 Å². The average molecular weight is 340 g/mol. The fourth-order valence-electron chi connectivity index (χ4n) is 3.11. The van der Waals surface area contributed by atoms with Crippen LogP contribution in [0.4, 0.5) is 4.39 Å². The number of nitrogens with zero attached hydrogens (tertiary/aromatic N) is 1. The van der Waals surface area contributed by atoms with Gasteiger partial charge in [-0.3, -0.25) is 0 Å². The van der Waals surface area contributed by atoms with Crippen molar-refractivity contribution in [3.63, 3.8) is 0 Å². The average Bonchev–Trinajstić information content (AvgIpc) is 2.71. The van der Waals surface area contributed by atoms with Crippen molar-refractivity contribution in [1.82, 2.24) is 0 Å². The van der Waals surface area contributed by atoms with E-state index in [1.807, 2.05) is 42.5 Å². The first-order chi connectivity index (χ1) is 12.7. The molecule has 0 saturated carbocycles. The molecule has 126 valence electrons. The van der Waals surface area contributed by atoms with Gasteiger partial charge in [-0.15, -0.1) is 4.39 Å². The van der Waals surface area contributed by atoms with Crippen LogP contribution in [0.15, 0.2) is 97.2 Å². The van der Waals surface area contributed by atoms with E-state index in [0.29, 0.717) is 0 Å². The Bertz CT molecular complexity index is 983. The summed E-state index contributed by atoms with van der Waals surface area (Å²) < 4.78 is 15.5. The molecule has 0 fully saturated rings. The van der Waals surface area contributed by atoms with Crippen LogP contribution in [0.2, 0.25) is 0 Å². The van der Waals surface area contributed by atoms with Crippen molar-refractivity contribution in [2.45, 2.75) is 0 Å². The van der Waals surface area contributed by atoms with Crippen LogP contribution in [0.3, 0.4) is 0 Å². The summed E-state index contributed by atoms with van der Waals surface area (Å²) in [4.78, 5) is 0. The van der Waals surface area contributed by atoms with Gasteiger partial charge in [0.1, 0.15) is 7.05 Å². The first kappa shape index (κ1) is 16.2. The molecule has 0 aliphatic heterocycles. The van der Waals surface area contributed by atoms with E-state index < -0.39 is 0 Å². The van der Waals surface area contributed by atoms with Gasteiger partial charge in [-0.2, -0.15) is 4.57 Å².